The van der Waals surface area contributed by atoms with Crippen molar-refractivity contribution in [3.05, 3.63) is 71.3 Å². The first-order valence-electron chi connectivity index (χ1n) is 15.7. The van der Waals surface area contributed by atoms with Crippen molar-refractivity contribution in [1.29, 1.82) is 0 Å². The summed E-state index contributed by atoms with van der Waals surface area (Å²) in [5.74, 6) is -2.51. The van der Waals surface area contributed by atoms with Gasteiger partial charge in [0.15, 0.2) is 5.78 Å². The van der Waals surface area contributed by atoms with Gasteiger partial charge in [-0.05, 0) is 40.2 Å². The number of rotatable bonds is 23. The Kier molecular flexibility index (Phi) is 18.7. The molecule has 0 N–H and O–H groups in total. The Labute approximate surface area is 281 Å². The highest BCUT2D eigenvalue weighted by Gasteiger charge is 2.21. The van der Waals surface area contributed by atoms with Crippen molar-refractivity contribution in [2.24, 2.45) is 0 Å². The first-order chi connectivity index (χ1) is 23.0. The zero-order chi connectivity index (χ0) is 35.3. The van der Waals surface area contributed by atoms with Gasteiger partial charge in [0.25, 0.3) is 0 Å². The molecule has 0 bridgehead atoms. The average molecular weight is 675 g/mol. The SMILES string of the molecule is CC(=O)OC(C)COCC(=O)OC(C)COCC(=O)OC(C)COCCCOCC(C)OC(=O)c1ccccc1C(=O)c1ccccc1. The molecule has 2 aromatic rings. The zero-order valence-electron chi connectivity index (χ0n) is 28.2. The largest absolute Gasteiger partial charge is 0.460 e. The number of ketones is 1. The Morgan fingerprint density at radius 2 is 0.979 bits per heavy atom. The van der Waals surface area contributed by atoms with E-state index in [4.69, 9.17) is 37.9 Å². The fraction of sp³-hybridized carbons (Fsp3) is 0.514. The summed E-state index contributed by atoms with van der Waals surface area (Å²) in [5.41, 5.74) is 0.942. The summed E-state index contributed by atoms with van der Waals surface area (Å²) in [6, 6.07) is 15.3. The highest BCUT2D eigenvalue weighted by atomic mass is 16.6. The molecule has 0 fully saturated rings. The van der Waals surface area contributed by atoms with Crippen LogP contribution in [0.15, 0.2) is 54.6 Å². The van der Waals surface area contributed by atoms with E-state index < -0.39 is 48.3 Å². The lowest BCUT2D eigenvalue weighted by molar-refractivity contribution is -0.162. The number of esters is 4. The lowest BCUT2D eigenvalue weighted by Gasteiger charge is -2.16. The molecule has 264 valence electrons. The second-order valence-electron chi connectivity index (χ2n) is 11.0. The first-order valence-corrected chi connectivity index (χ1v) is 15.7. The summed E-state index contributed by atoms with van der Waals surface area (Å²) in [6.07, 6.45) is -1.60. The van der Waals surface area contributed by atoms with Gasteiger partial charge >= 0.3 is 23.9 Å². The molecule has 0 aliphatic heterocycles. The van der Waals surface area contributed by atoms with Crippen molar-refractivity contribution in [3.8, 4) is 0 Å². The Hall–Kier alpha value is -4.17. The van der Waals surface area contributed by atoms with E-state index in [1.807, 2.05) is 6.07 Å². The molecule has 13 nitrogen and oxygen atoms in total. The molecule has 0 spiro atoms. The molecule has 4 atom stereocenters. The maximum absolute atomic E-state index is 12.9. The number of ether oxygens (including phenoxy) is 8. The van der Waals surface area contributed by atoms with Crippen LogP contribution in [0.4, 0.5) is 0 Å². The van der Waals surface area contributed by atoms with E-state index in [-0.39, 0.29) is 56.6 Å². The smallest absolute Gasteiger partial charge is 0.339 e. The van der Waals surface area contributed by atoms with Crippen LogP contribution >= 0.6 is 0 Å². The number of hydrogen-bond donors (Lipinski definition) is 0. The van der Waals surface area contributed by atoms with Crippen molar-refractivity contribution in [2.45, 2.75) is 65.5 Å². The molecular formula is C35H46O13. The minimum atomic E-state index is -0.620. The van der Waals surface area contributed by atoms with Crippen LogP contribution < -0.4 is 0 Å². The lowest BCUT2D eigenvalue weighted by atomic mass is 9.98. The summed E-state index contributed by atoms with van der Waals surface area (Å²) in [5, 5.41) is 0. The van der Waals surface area contributed by atoms with Crippen molar-refractivity contribution < 1.29 is 61.9 Å². The van der Waals surface area contributed by atoms with E-state index in [0.29, 0.717) is 25.2 Å². The molecule has 0 aliphatic rings. The summed E-state index contributed by atoms with van der Waals surface area (Å²) in [4.78, 5) is 60.4. The molecule has 0 radical (unpaired) electrons. The van der Waals surface area contributed by atoms with Gasteiger partial charge in [-0.25, -0.2) is 14.4 Å². The van der Waals surface area contributed by atoms with Gasteiger partial charge in [0.05, 0.1) is 32.0 Å². The molecule has 0 aliphatic carbocycles. The van der Waals surface area contributed by atoms with E-state index in [2.05, 4.69) is 0 Å². The van der Waals surface area contributed by atoms with Crippen molar-refractivity contribution >= 4 is 29.7 Å². The summed E-state index contributed by atoms with van der Waals surface area (Å²) in [6.45, 7) is 8.36. The Bertz CT molecular complexity index is 1300. The third kappa shape index (κ3) is 16.6. The maximum atomic E-state index is 12.9. The average Bonchev–Trinajstić information content (AvgIpc) is 3.03. The molecule has 48 heavy (non-hydrogen) atoms. The number of carbonyl (C=O) groups excluding carboxylic acids is 5. The Balaban J connectivity index is 1.52. The number of hydrogen-bond acceptors (Lipinski definition) is 13. The van der Waals surface area contributed by atoms with Gasteiger partial charge in [0.1, 0.15) is 37.6 Å². The molecule has 0 saturated heterocycles. The predicted molar refractivity (Wildman–Crippen MR) is 171 cm³/mol. The normalized spacial score (nSPS) is 13.4. The molecule has 0 heterocycles. The standard InChI is InChI=1S/C35H46O13/c1-24(45-28(5)36)20-43-22-33(38)47-26(3)21-44-23-32(37)46-25(2)18-41-16-11-17-42-19-27(4)48-35(40)31-15-10-9-14-30(31)34(39)29-12-7-6-8-13-29/h6-10,12-15,24-27H,11,16-23H2,1-5H3. The lowest BCUT2D eigenvalue weighted by Crippen LogP contribution is -2.28. The molecule has 2 aromatic carbocycles. The van der Waals surface area contributed by atoms with Gasteiger partial charge < -0.3 is 37.9 Å². The van der Waals surface area contributed by atoms with E-state index in [9.17, 15) is 24.0 Å². The van der Waals surface area contributed by atoms with Crippen LogP contribution in [-0.2, 0) is 52.3 Å². The highest BCUT2D eigenvalue weighted by Crippen LogP contribution is 2.16. The van der Waals surface area contributed by atoms with E-state index in [1.165, 1.54) is 6.92 Å². The Morgan fingerprint density at radius 3 is 1.50 bits per heavy atom. The summed E-state index contributed by atoms with van der Waals surface area (Å²) < 4.78 is 42.3. The first kappa shape index (κ1) is 40.0. The fourth-order valence-corrected chi connectivity index (χ4v) is 4.16. The third-order valence-corrected chi connectivity index (χ3v) is 6.20. The topological polar surface area (TPSA) is 159 Å². The van der Waals surface area contributed by atoms with Crippen molar-refractivity contribution in [3.63, 3.8) is 0 Å². The monoisotopic (exact) mass is 674 g/mol. The quantitative estimate of drug-likeness (QED) is 0.0727. The van der Waals surface area contributed by atoms with E-state index in [0.717, 1.165) is 0 Å². The molecule has 0 aromatic heterocycles. The van der Waals surface area contributed by atoms with Gasteiger partial charge in [0, 0.05) is 31.3 Å². The maximum Gasteiger partial charge on any atom is 0.339 e. The van der Waals surface area contributed by atoms with Gasteiger partial charge in [-0.2, -0.15) is 0 Å². The molecular weight excluding hydrogens is 628 g/mol. The molecule has 0 saturated carbocycles. The second-order valence-corrected chi connectivity index (χ2v) is 11.0. The van der Waals surface area contributed by atoms with Crippen LogP contribution in [0.25, 0.3) is 0 Å². The third-order valence-electron chi connectivity index (χ3n) is 6.20. The molecule has 2 rings (SSSR count). The minimum absolute atomic E-state index is 0.0192. The molecule has 13 heteroatoms. The van der Waals surface area contributed by atoms with Crippen LogP contribution in [0.5, 0.6) is 0 Å². The zero-order valence-corrected chi connectivity index (χ0v) is 28.2. The highest BCUT2D eigenvalue weighted by molar-refractivity contribution is 6.14. The van der Waals surface area contributed by atoms with Crippen molar-refractivity contribution in [2.75, 3.05) is 52.9 Å². The van der Waals surface area contributed by atoms with Crippen LogP contribution in [0, 0.1) is 0 Å². The number of benzene rings is 2. The van der Waals surface area contributed by atoms with Crippen LogP contribution in [0.3, 0.4) is 0 Å². The molecule has 0 amide bonds. The van der Waals surface area contributed by atoms with Crippen molar-refractivity contribution in [1.82, 2.24) is 0 Å². The summed E-state index contributed by atoms with van der Waals surface area (Å²) >= 11 is 0. The molecule has 4 unspecified atom stereocenters. The van der Waals surface area contributed by atoms with Crippen LogP contribution in [0.2, 0.25) is 0 Å². The van der Waals surface area contributed by atoms with Gasteiger partial charge in [-0.1, -0.05) is 48.5 Å². The number of carbonyl (C=O) groups is 5. The minimum Gasteiger partial charge on any atom is -0.460 e. The summed E-state index contributed by atoms with van der Waals surface area (Å²) in [7, 11) is 0. The van der Waals surface area contributed by atoms with Crippen LogP contribution in [0.1, 0.15) is 67.3 Å². The van der Waals surface area contributed by atoms with Crippen LogP contribution in [-0.4, -0.2) is 107 Å². The second kappa shape index (κ2) is 22.4. The van der Waals surface area contributed by atoms with Gasteiger partial charge in [0.2, 0.25) is 0 Å². The fourth-order valence-electron chi connectivity index (χ4n) is 4.16. The van der Waals surface area contributed by atoms with Gasteiger partial charge in [-0.3, -0.25) is 9.59 Å². The Morgan fingerprint density at radius 1 is 0.542 bits per heavy atom. The van der Waals surface area contributed by atoms with E-state index >= 15 is 0 Å². The van der Waals surface area contributed by atoms with Gasteiger partial charge in [-0.15, -0.1) is 0 Å². The van der Waals surface area contributed by atoms with E-state index in [1.54, 1.807) is 76.2 Å². The predicted octanol–water partition coefficient (Wildman–Crippen LogP) is 3.73.